The Hall–Kier alpha value is -0.990. The van der Waals surface area contributed by atoms with E-state index in [1.807, 2.05) is 0 Å². The summed E-state index contributed by atoms with van der Waals surface area (Å²) in [6.07, 6.45) is -2.24. The monoisotopic (exact) mass is 257 g/mol. The molecule has 0 fully saturated rings. The van der Waals surface area contributed by atoms with Gasteiger partial charge in [0.05, 0.1) is 16.3 Å². The first-order chi connectivity index (χ1) is 6.75. The Morgan fingerprint density at radius 3 is 2.40 bits per heavy atom. The Balaban J connectivity index is 3.56. The van der Waals surface area contributed by atoms with Gasteiger partial charge in [0.25, 0.3) is 16.4 Å². The smallest absolute Gasteiger partial charge is 0.267 e. The highest BCUT2D eigenvalue weighted by Gasteiger charge is 2.24. The molecule has 0 aliphatic carbocycles. The number of pyridine rings is 1. The predicted molar refractivity (Wildman–Crippen MR) is 50.0 cm³/mol. The lowest BCUT2D eigenvalue weighted by Gasteiger charge is -2.09. The molecule has 0 aliphatic heterocycles. The van der Waals surface area contributed by atoms with Crippen LogP contribution >= 0.6 is 11.6 Å². The third-order valence-corrected chi connectivity index (χ3v) is 2.73. The fourth-order valence-electron chi connectivity index (χ4n) is 0.947. The van der Waals surface area contributed by atoms with Crippen LogP contribution < -0.4 is 10.9 Å². The quantitative estimate of drug-likeness (QED) is 0.822. The molecule has 0 spiro atoms. The summed E-state index contributed by atoms with van der Waals surface area (Å²) >= 11 is 5.39. The van der Waals surface area contributed by atoms with E-state index in [0.29, 0.717) is 0 Å². The molecule has 0 unspecified atom stereocenters. The molecule has 0 bridgehead atoms. The molecular weight excluding hydrogens is 252 g/mol. The van der Waals surface area contributed by atoms with Crippen molar-refractivity contribution in [2.45, 2.75) is 11.5 Å². The Bertz CT molecular complexity index is 491. The number of nitrogen functional groups attached to an aromatic ring is 1. The van der Waals surface area contributed by atoms with Crippen LogP contribution in [0.3, 0.4) is 0 Å². The van der Waals surface area contributed by atoms with Gasteiger partial charge in [-0.15, -0.1) is 0 Å². The van der Waals surface area contributed by atoms with Gasteiger partial charge < -0.3 is 5.73 Å². The highest BCUT2D eigenvalue weighted by Crippen LogP contribution is 2.34. The van der Waals surface area contributed by atoms with Crippen LogP contribution in [0.15, 0.2) is 11.2 Å². The summed E-state index contributed by atoms with van der Waals surface area (Å²) in [7, 11) is -4.23. The summed E-state index contributed by atoms with van der Waals surface area (Å²) in [5, 5.41) is 3.51. The van der Waals surface area contributed by atoms with E-state index in [4.69, 9.17) is 22.5 Å². The molecule has 1 aromatic heterocycles. The number of hydrogen-bond donors (Lipinski definition) is 2. The molecule has 0 amide bonds. The number of alkyl halides is 2. The van der Waals surface area contributed by atoms with Gasteiger partial charge in [-0.1, -0.05) is 11.6 Å². The van der Waals surface area contributed by atoms with E-state index in [1.54, 1.807) is 0 Å². The van der Waals surface area contributed by atoms with Crippen molar-refractivity contribution < 1.29 is 17.2 Å². The van der Waals surface area contributed by atoms with Crippen molar-refractivity contribution in [1.82, 2.24) is 4.98 Å². The van der Waals surface area contributed by atoms with Crippen molar-refractivity contribution >= 4 is 27.3 Å². The lowest BCUT2D eigenvalue weighted by molar-refractivity contribution is 0.152. The van der Waals surface area contributed by atoms with Crippen molar-refractivity contribution in [3.63, 3.8) is 0 Å². The van der Waals surface area contributed by atoms with Crippen LogP contribution in [0.5, 0.6) is 0 Å². The Morgan fingerprint density at radius 1 is 1.47 bits per heavy atom. The Kier molecular flexibility index (Phi) is 3.12. The maximum Gasteiger partial charge on any atom is 0.267 e. The summed E-state index contributed by atoms with van der Waals surface area (Å²) < 4.78 is 46.6. The van der Waals surface area contributed by atoms with Crippen LogP contribution in [0.1, 0.15) is 12.0 Å². The van der Waals surface area contributed by atoms with E-state index in [-0.39, 0.29) is 0 Å². The molecule has 4 N–H and O–H groups in total. The average molecular weight is 258 g/mol. The molecular formula is C6H6ClF2N3O2S. The van der Waals surface area contributed by atoms with E-state index in [2.05, 4.69) is 4.98 Å². The van der Waals surface area contributed by atoms with Gasteiger partial charge in [0, 0.05) is 6.20 Å². The average Bonchev–Trinajstić information content (AvgIpc) is 2.00. The van der Waals surface area contributed by atoms with Crippen molar-refractivity contribution in [2.75, 3.05) is 5.73 Å². The van der Waals surface area contributed by atoms with Crippen molar-refractivity contribution in [1.29, 1.82) is 0 Å². The number of nitrogens with two attached hydrogens (primary N) is 2. The minimum Gasteiger partial charge on any atom is -0.396 e. The second-order valence-electron chi connectivity index (χ2n) is 2.58. The van der Waals surface area contributed by atoms with Gasteiger partial charge in [0.2, 0.25) is 0 Å². The van der Waals surface area contributed by atoms with E-state index in [9.17, 15) is 17.2 Å². The number of sulfonamides is 1. The van der Waals surface area contributed by atoms with E-state index in [0.717, 1.165) is 6.20 Å². The van der Waals surface area contributed by atoms with Crippen LogP contribution in [0, 0.1) is 0 Å². The lowest BCUT2D eigenvalue weighted by atomic mass is 10.2. The van der Waals surface area contributed by atoms with Gasteiger partial charge in [-0.3, -0.25) is 0 Å². The van der Waals surface area contributed by atoms with Crippen LogP contribution in [-0.2, 0) is 10.0 Å². The van der Waals surface area contributed by atoms with Crippen molar-refractivity contribution in [2.24, 2.45) is 5.14 Å². The molecule has 1 aromatic rings. The van der Waals surface area contributed by atoms with Crippen LogP contribution in [0.4, 0.5) is 14.5 Å². The summed E-state index contributed by atoms with van der Waals surface area (Å²) in [6.45, 7) is 0. The van der Waals surface area contributed by atoms with Crippen molar-refractivity contribution in [3.8, 4) is 0 Å². The second kappa shape index (κ2) is 3.87. The topological polar surface area (TPSA) is 99.1 Å². The van der Waals surface area contributed by atoms with Gasteiger partial charge in [-0.05, 0) is 0 Å². The highest BCUT2D eigenvalue weighted by atomic mass is 35.5. The minimum absolute atomic E-state index is 0.407. The molecule has 0 saturated heterocycles. The lowest BCUT2D eigenvalue weighted by Crippen LogP contribution is -2.17. The number of rotatable bonds is 2. The maximum atomic E-state index is 12.4. The zero-order valence-corrected chi connectivity index (χ0v) is 8.69. The van der Waals surface area contributed by atoms with E-state index in [1.165, 1.54) is 0 Å². The van der Waals surface area contributed by atoms with Gasteiger partial charge >= 0.3 is 0 Å². The summed E-state index contributed by atoms with van der Waals surface area (Å²) in [5.74, 6) is 0. The van der Waals surface area contributed by atoms with Crippen LogP contribution in [-0.4, -0.2) is 13.4 Å². The summed E-state index contributed by atoms with van der Waals surface area (Å²) in [5.41, 5.74) is 3.68. The molecule has 1 rings (SSSR count). The number of anilines is 1. The Labute approximate surface area is 89.1 Å². The van der Waals surface area contributed by atoms with Gasteiger partial charge in [-0.25, -0.2) is 27.3 Å². The molecule has 15 heavy (non-hydrogen) atoms. The SMILES string of the molecule is Nc1c(S(N)(=O)=O)ncc(Cl)c1C(F)F. The highest BCUT2D eigenvalue weighted by molar-refractivity contribution is 7.89. The number of halogens is 3. The summed E-state index contributed by atoms with van der Waals surface area (Å²) in [4.78, 5) is 3.29. The van der Waals surface area contributed by atoms with E-state index >= 15 is 0 Å². The minimum atomic E-state index is -4.23. The molecule has 5 nitrogen and oxygen atoms in total. The van der Waals surface area contributed by atoms with Gasteiger partial charge in [0.1, 0.15) is 0 Å². The molecule has 9 heteroatoms. The third kappa shape index (κ3) is 2.33. The fourth-order valence-corrected chi connectivity index (χ4v) is 1.80. The number of primary sulfonamides is 1. The standard InChI is InChI=1S/C6H6ClF2N3O2S/c7-2-1-12-6(15(11,13)14)4(10)3(2)5(8)9/h1,5H,10H2,(H2,11,13,14). The van der Waals surface area contributed by atoms with Crippen LogP contribution in [0.25, 0.3) is 0 Å². The zero-order chi connectivity index (χ0) is 11.8. The van der Waals surface area contributed by atoms with Gasteiger partial charge in [0.15, 0.2) is 5.03 Å². The first kappa shape index (κ1) is 12.1. The zero-order valence-electron chi connectivity index (χ0n) is 7.12. The molecule has 0 atom stereocenters. The largest absolute Gasteiger partial charge is 0.396 e. The fraction of sp³-hybridized carbons (Fsp3) is 0.167. The third-order valence-electron chi connectivity index (χ3n) is 1.56. The maximum absolute atomic E-state index is 12.4. The summed E-state index contributed by atoms with van der Waals surface area (Å²) in [6, 6.07) is 0. The molecule has 1 heterocycles. The normalized spacial score (nSPS) is 12.1. The second-order valence-corrected chi connectivity index (χ2v) is 4.47. The van der Waals surface area contributed by atoms with Crippen LogP contribution in [0.2, 0.25) is 5.02 Å². The van der Waals surface area contributed by atoms with Gasteiger partial charge in [-0.2, -0.15) is 0 Å². The predicted octanol–water partition coefficient (Wildman–Crippen LogP) is 0.902. The molecule has 84 valence electrons. The number of nitrogens with zero attached hydrogens (tertiary/aromatic N) is 1. The molecule has 0 saturated carbocycles. The first-order valence-electron chi connectivity index (χ1n) is 3.50. The molecule has 0 radical (unpaired) electrons. The Morgan fingerprint density at radius 2 is 2.00 bits per heavy atom. The number of aromatic nitrogens is 1. The molecule has 0 aliphatic rings. The van der Waals surface area contributed by atoms with Crippen molar-refractivity contribution in [3.05, 3.63) is 16.8 Å². The number of hydrogen-bond acceptors (Lipinski definition) is 4. The van der Waals surface area contributed by atoms with E-state index < -0.39 is 37.7 Å². The first-order valence-corrected chi connectivity index (χ1v) is 5.42. The molecule has 0 aromatic carbocycles.